The maximum atomic E-state index is 11.9. The molecule has 0 fully saturated rings. The van der Waals surface area contributed by atoms with Crippen LogP contribution in [0.3, 0.4) is 0 Å². The van der Waals surface area contributed by atoms with Crippen LogP contribution in [0.5, 0.6) is 11.5 Å². The quantitative estimate of drug-likeness (QED) is 0.276. The molecule has 0 spiro atoms. The van der Waals surface area contributed by atoms with Crippen molar-refractivity contribution < 1.29 is 28.2 Å². The Labute approximate surface area is 143 Å². The van der Waals surface area contributed by atoms with Crippen LogP contribution in [0, 0.1) is 0 Å². The van der Waals surface area contributed by atoms with Crippen molar-refractivity contribution in [1.29, 1.82) is 0 Å². The predicted octanol–water partition coefficient (Wildman–Crippen LogP) is 3.59. The monoisotopic (exact) mass is 346 g/mol. The number of carbonyl (C=O) groups excluding carboxylic acids is 2. The van der Waals surface area contributed by atoms with Crippen molar-refractivity contribution in [1.82, 2.24) is 0 Å². The minimum absolute atomic E-state index is 0.0507. The number of hydrogen-bond donors (Lipinski definition) is 0. The number of rotatable bonds is 3. The Hall–Kier alpha value is -3.09. The van der Waals surface area contributed by atoms with E-state index in [0.29, 0.717) is 5.39 Å². The molecule has 7 nitrogen and oxygen atoms in total. The van der Waals surface area contributed by atoms with Gasteiger partial charge < -0.3 is 18.6 Å². The summed E-state index contributed by atoms with van der Waals surface area (Å²) in [6.07, 6.45) is -0.961. The van der Waals surface area contributed by atoms with Crippen molar-refractivity contribution >= 4 is 23.1 Å². The molecular formula is C18H18O7. The van der Waals surface area contributed by atoms with Crippen LogP contribution in [0.25, 0.3) is 11.0 Å². The van der Waals surface area contributed by atoms with Gasteiger partial charge in [-0.15, -0.1) is 0 Å². The molecule has 0 aliphatic carbocycles. The number of esters is 1. The lowest BCUT2D eigenvalue weighted by molar-refractivity contribution is -0.130. The van der Waals surface area contributed by atoms with Gasteiger partial charge in [0.25, 0.3) is 0 Å². The van der Waals surface area contributed by atoms with Gasteiger partial charge in [0.15, 0.2) is 11.5 Å². The van der Waals surface area contributed by atoms with Crippen LogP contribution >= 0.6 is 0 Å². The fourth-order valence-corrected chi connectivity index (χ4v) is 1.78. The molecule has 132 valence electrons. The highest BCUT2D eigenvalue weighted by molar-refractivity contribution is 5.90. The van der Waals surface area contributed by atoms with Crippen LogP contribution < -0.4 is 15.1 Å². The summed E-state index contributed by atoms with van der Waals surface area (Å²) in [6.45, 7) is 10.0. The molecule has 1 aromatic carbocycles. The highest BCUT2D eigenvalue weighted by atomic mass is 16.7. The van der Waals surface area contributed by atoms with E-state index in [1.807, 2.05) is 0 Å². The van der Waals surface area contributed by atoms with E-state index < -0.39 is 23.4 Å². The summed E-state index contributed by atoms with van der Waals surface area (Å²) in [6, 6.07) is 5.41. The van der Waals surface area contributed by atoms with Crippen LogP contribution in [0.15, 0.2) is 45.6 Å². The summed E-state index contributed by atoms with van der Waals surface area (Å²) in [7, 11) is 0. The fraction of sp³-hybridized carbons (Fsp3) is 0.278. The number of carbonyl (C=O) groups is 2. The zero-order chi connectivity index (χ0) is 18.8. The van der Waals surface area contributed by atoms with Gasteiger partial charge >= 0.3 is 17.8 Å². The molecule has 0 unspecified atom stereocenters. The SMILES string of the molecule is C=C(C)C(=O)Oc1cc2oc(=O)ccc2cc1OC(=O)OC(C)(C)C. The third kappa shape index (κ3) is 4.94. The number of ether oxygens (including phenoxy) is 3. The molecule has 1 heterocycles. The van der Waals surface area contributed by atoms with Gasteiger partial charge in [0.2, 0.25) is 0 Å². The topological polar surface area (TPSA) is 92.0 Å². The van der Waals surface area contributed by atoms with Crippen LogP contribution in [-0.2, 0) is 9.53 Å². The van der Waals surface area contributed by atoms with Crippen molar-refractivity contribution in [3.05, 3.63) is 46.8 Å². The van der Waals surface area contributed by atoms with Crippen molar-refractivity contribution in [2.24, 2.45) is 0 Å². The van der Waals surface area contributed by atoms with E-state index >= 15 is 0 Å². The molecular weight excluding hydrogens is 328 g/mol. The zero-order valence-electron chi connectivity index (χ0n) is 14.4. The van der Waals surface area contributed by atoms with Crippen LogP contribution in [-0.4, -0.2) is 17.7 Å². The Morgan fingerprint density at radius 1 is 1.08 bits per heavy atom. The standard InChI is InChI=1S/C18H18O7/c1-10(2)16(20)23-14-9-12-11(6-7-15(19)22-12)8-13(14)24-17(21)25-18(3,4)5/h6-9H,1H2,2-5H3. The average Bonchev–Trinajstić information content (AvgIpc) is 2.45. The van der Waals surface area contributed by atoms with E-state index in [0.717, 1.165) is 0 Å². The molecule has 0 N–H and O–H groups in total. The second-order valence-electron chi connectivity index (χ2n) is 6.33. The first kappa shape index (κ1) is 18.3. The summed E-state index contributed by atoms with van der Waals surface area (Å²) < 4.78 is 20.4. The van der Waals surface area contributed by atoms with Crippen molar-refractivity contribution in [3.63, 3.8) is 0 Å². The summed E-state index contributed by atoms with van der Waals surface area (Å²) in [5.74, 6) is -0.863. The Bertz CT molecular complexity index is 900. The summed E-state index contributed by atoms with van der Waals surface area (Å²) >= 11 is 0. The van der Waals surface area contributed by atoms with Crippen molar-refractivity contribution in [2.45, 2.75) is 33.3 Å². The highest BCUT2D eigenvalue weighted by Gasteiger charge is 2.21. The maximum absolute atomic E-state index is 11.9. The minimum Gasteiger partial charge on any atom is -0.428 e. The molecule has 0 aliphatic heterocycles. The Balaban J connectivity index is 2.45. The molecule has 2 aromatic rings. The van der Waals surface area contributed by atoms with Crippen molar-refractivity contribution in [3.8, 4) is 11.5 Å². The first-order chi connectivity index (χ1) is 11.5. The van der Waals surface area contributed by atoms with Gasteiger partial charge in [-0.2, -0.15) is 0 Å². The van der Waals surface area contributed by atoms with E-state index in [2.05, 4.69) is 6.58 Å². The van der Waals surface area contributed by atoms with Gasteiger partial charge in [0.1, 0.15) is 11.2 Å². The lowest BCUT2D eigenvalue weighted by Gasteiger charge is -2.19. The second kappa shape index (κ2) is 6.80. The molecule has 1 aromatic heterocycles. The Morgan fingerprint density at radius 3 is 2.32 bits per heavy atom. The molecule has 7 heteroatoms. The third-order valence-electron chi connectivity index (χ3n) is 2.82. The van der Waals surface area contributed by atoms with E-state index in [1.54, 1.807) is 20.8 Å². The normalized spacial score (nSPS) is 11.0. The molecule has 0 saturated carbocycles. The molecule has 0 atom stereocenters. The largest absolute Gasteiger partial charge is 0.514 e. The number of fused-ring (bicyclic) bond motifs is 1. The van der Waals surface area contributed by atoms with Gasteiger partial charge in [-0.3, -0.25) is 0 Å². The molecule has 0 radical (unpaired) electrons. The fourth-order valence-electron chi connectivity index (χ4n) is 1.78. The lowest BCUT2D eigenvalue weighted by atomic mass is 10.2. The van der Waals surface area contributed by atoms with E-state index in [1.165, 1.54) is 31.2 Å². The van der Waals surface area contributed by atoms with Gasteiger partial charge in [-0.05, 0) is 39.8 Å². The van der Waals surface area contributed by atoms with E-state index in [9.17, 15) is 14.4 Å². The van der Waals surface area contributed by atoms with Gasteiger partial charge in [-0.25, -0.2) is 14.4 Å². The molecule has 2 rings (SSSR count). The van der Waals surface area contributed by atoms with E-state index in [4.69, 9.17) is 18.6 Å². The number of benzene rings is 1. The lowest BCUT2D eigenvalue weighted by Crippen LogP contribution is -2.26. The Morgan fingerprint density at radius 2 is 1.72 bits per heavy atom. The first-order valence-corrected chi connectivity index (χ1v) is 7.41. The summed E-state index contributed by atoms with van der Waals surface area (Å²) in [5.41, 5.74) is -0.994. The predicted molar refractivity (Wildman–Crippen MR) is 89.8 cm³/mol. The minimum atomic E-state index is -0.961. The van der Waals surface area contributed by atoms with Crippen LogP contribution in [0.1, 0.15) is 27.7 Å². The third-order valence-corrected chi connectivity index (χ3v) is 2.82. The molecule has 0 aliphatic rings. The van der Waals surface area contributed by atoms with Crippen LogP contribution in [0.2, 0.25) is 0 Å². The maximum Gasteiger partial charge on any atom is 0.514 e. The van der Waals surface area contributed by atoms with E-state index in [-0.39, 0.29) is 22.7 Å². The first-order valence-electron chi connectivity index (χ1n) is 7.41. The van der Waals surface area contributed by atoms with Gasteiger partial charge in [0, 0.05) is 23.1 Å². The van der Waals surface area contributed by atoms with Gasteiger partial charge in [-0.1, -0.05) is 6.58 Å². The molecule has 0 amide bonds. The second-order valence-corrected chi connectivity index (χ2v) is 6.33. The summed E-state index contributed by atoms with van der Waals surface area (Å²) in [4.78, 5) is 35.1. The van der Waals surface area contributed by atoms with Crippen molar-refractivity contribution in [2.75, 3.05) is 0 Å². The smallest absolute Gasteiger partial charge is 0.428 e. The number of hydrogen-bond acceptors (Lipinski definition) is 7. The van der Waals surface area contributed by atoms with Crippen LogP contribution in [0.4, 0.5) is 4.79 Å². The molecule has 0 saturated heterocycles. The zero-order valence-corrected chi connectivity index (χ0v) is 14.4. The Kier molecular flexibility index (Phi) is 4.97. The molecule has 0 bridgehead atoms. The summed E-state index contributed by atoms with van der Waals surface area (Å²) in [5, 5.41) is 0.480. The van der Waals surface area contributed by atoms with Gasteiger partial charge in [0.05, 0.1) is 0 Å². The average molecular weight is 346 g/mol. The highest BCUT2D eigenvalue weighted by Crippen LogP contribution is 2.33. The molecule has 25 heavy (non-hydrogen) atoms.